The minimum Gasteiger partial charge on any atom is -0.493 e. The van der Waals surface area contributed by atoms with Gasteiger partial charge in [0.1, 0.15) is 11.3 Å². The molecule has 1 aromatic carbocycles. The Morgan fingerprint density at radius 1 is 1.43 bits per heavy atom. The highest BCUT2D eigenvalue weighted by Crippen LogP contribution is 2.18. The van der Waals surface area contributed by atoms with E-state index in [0.29, 0.717) is 18.4 Å². The van der Waals surface area contributed by atoms with Crippen LogP contribution in [0, 0.1) is 0 Å². The Bertz CT molecular complexity index is 477. The SMILES string of the molecule is CC1CN(CCCOc2ccccc2C(=O)O)C(C)CO1. The van der Waals surface area contributed by atoms with E-state index in [2.05, 4.69) is 18.7 Å². The molecule has 5 nitrogen and oxygen atoms in total. The van der Waals surface area contributed by atoms with Crippen molar-refractivity contribution in [3.63, 3.8) is 0 Å². The van der Waals surface area contributed by atoms with Crippen molar-refractivity contribution in [2.45, 2.75) is 32.4 Å². The molecule has 0 aromatic heterocycles. The highest BCUT2D eigenvalue weighted by molar-refractivity contribution is 5.90. The van der Waals surface area contributed by atoms with E-state index in [4.69, 9.17) is 14.6 Å². The van der Waals surface area contributed by atoms with Crippen LogP contribution in [0.4, 0.5) is 0 Å². The molecule has 0 amide bonds. The Balaban J connectivity index is 1.78. The molecule has 0 spiro atoms. The number of hydrogen-bond acceptors (Lipinski definition) is 4. The summed E-state index contributed by atoms with van der Waals surface area (Å²) in [7, 11) is 0. The molecule has 0 aliphatic carbocycles. The topological polar surface area (TPSA) is 59.0 Å². The van der Waals surface area contributed by atoms with Gasteiger partial charge in [-0.3, -0.25) is 4.90 Å². The van der Waals surface area contributed by atoms with Gasteiger partial charge in [0, 0.05) is 19.1 Å². The minimum atomic E-state index is -0.957. The molecule has 1 saturated heterocycles. The third-order valence-electron chi connectivity index (χ3n) is 3.70. The van der Waals surface area contributed by atoms with E-state index in [1.807, 2.05) is 0 Å². The standard InChI is InChI=1S/C16H23NO4/c1-12-11-21-13(2)10-17(12)8-5-9-20-15-7-4-3-6-14(15)16(18)19/h3-4,6-7,12-13H,5,8-11H2,1-2H3,(H,18,19). The molecule has 1 aliphatic heterocycles. The lowest BCUT2D eigenvalue weighted by atomic mass is 10.2. The van der Waals surface area contributed by atoms with Crippen LogP contribution in [0.3, 0.4) is 0 Å². The van der Waals surface area contributed by atoms with Gasteiger partial charge in [0.2, 0.25) is 0 Å². The summed E-state index contributed by atoms with van der Waals surface area (Å²) in [6.07, 6.45) is 1.14. The van der Waals surface area contributed by atoms with Crippen molar-refractivity contribution in [3.8, 4) is 5.75 Å². The molecular formula is C16H23NO4. The Kier molecular flexibility index (Phi) is 5.59. The van der Waals surface area contributed by atoms with Crippen LogP contribution in [0.2, 0.25) is 0 Å². The number of aromatic carboxylic acids is 1. The summed E-state index contributed by atoms with van der Waals surface area (Å²) in [6.45, 7) is 7.40. The number of benzene rings is 1. The Morgan fingerprint density at radius 3 is 2.95 bits per heavy atom. The van der Waals surface area contributed by atoms with Crippen LogP contribution >= 0.6 is 0 Å². The second kappa shape index (κ2) is 7.43. The third-order valence-corrected chi connectivity index (χ3v) is 3.70. The normalized spacial score (nSPS) is 23.0. The number of rotatable bonds is 6. The number of nitrogens with zero attached hydrogens (tertiary/aromatic N) is 1. The maximum atomic E-state index is 11.1. The van der Waals surface area contributed by atoms with Crippen molar-refractivity contribution in [1.29, 1.82) is 0 Å². The second-order valence-corrected chi connectivity index (χ2v) is 5.49. The minimum absolute atomic E-state index is 0.214. The average molecular weight is 293 g/mol. The fraction of sp³-hybridized carbons (Fsp3) is 0.562. The molecule has 0 bridgehead atoms. The van der Waals surface area contributed by atoms with Gasteiger partial charge < -0.3 is 14.6 Å². The second-order valence-electron chi connectivity index (χ2n) is 5.49. The molecule has 21 heavy (non-hydrogen) atoms. The van der Waals surface area contributed by atoms with E-state index in [0.717, 1.165) is 26.1 Å². The van der Waals surface area contributed by atoms with Gasteiger partial charge in [-0.25, -0.2) is 4.79 Å². The van der Waals surface area contributed by atoms with E-state index in [1.165, 1.54) is 0 Å². The molecule has 0 radical (unpaired) electrons. The molecular weight excluding hydrogens is 270 g/mol. The maximum absolute atomic E-state index is 11.1. The summed E-state index contributed by atoms with van der Waals surface area (Å²) < 4.78 is 11.2. The molecule has 1 aromatic rings. The monoisotopic (exact) mass is 293 g/mol. The Morgan fingerprint density at radius 2 is 2.19 bits per heavy atom. The Labute approximate surface area is 125 Å². The predicted molar refractivity (Wildman–Crippen MR) is 80.0 cm³/mol. The number of carboxylic acid groups (broad SMARTS) is 1. The van der Waals surface area contributed by atoms with Gasteiger partial charge >= 0.3 is 5.97 Å². The first-order chi connectivity index (χ1) is 10.1. The summed E-state index contributed by atoms with van der Waals surface area (Å²) in [6, 6.07) is 7.17. The zero-order valence-electron chi connectivity index (χ0n) is 12.6. The first-order valence-corrected chi connectivity index (χ1v) is 7.38. The third kappa shape index (κ3) is 4.44. The summed E-state index contributed by atoms with van der Waals surface area (Å²) in [5.41, 5.74) is 0.214. The van der Waals surface area contributed by atoms with Gasteiger partial charge in [0.15, 0.2) is 0 Å². The van der Waals surface area contributed by atoms with Crippen molar-refractivity contribution in [2.24, 2.45) is 0 Å². The van der Waals surface area contributed by atoms with E-state index < -0.39 is 5.97 Å². The zero-order chi connectivity index (χ0) is 15.2. The van der Waals surface area contributed by atoms with Crippen molar-refractivity contribution < 1.29 is 19.4 Å². The summed E-state index contributed by atoms with van der Waals surface area (Å²) in [5, 5.41) is 9.09. The maximum Gasteiger partial charge on any atom is 0.339 e. The van der Waals surface area contributed by atoms with Gasteiger partial charge in [-0.05, 0) is 32.4 Å². The van der Waals surface area contributed by atoms with Crippen molar-refractivity contribution in [3.05, 3.63) is 29.8 Å². The fourth-order valence-electron chi connectivity index (χ4n) is 2.50. The lowest BCUT2D eigenvalue weighted by molar-refractivity contribution is -0.0502. The largest absolute Gasteiger partial charge is 0.493 e. The fourth-order valence-corrected chi connectivity index (χ4v) is 2.50. The zero-order valence-corrected chi connectivity index (χ0v) is 12.6. The number of hydrogen-bond donors (Lipinski definition) is 1. The van der Waals surface area contributed by atoms with Crippen molar-refractivity contribution in [1.82, 2.24) is 4.90 Å². The number of carboxylic acids is 1. The van der Waals surface area contributed by atoms with Crippen LogP contribution in [-0.4, -0.2) is 54.4 Å². The first kappa shape index (κ1) is 15.8. The van der Waals surface area contributed by atoms with Crippen molar-refractivity contribution in [2.75, 3.05) is 26.3 Å². The van der Waals surface area contributed by atoms with Crippen LogP contribution < -0.4 is 4.74 Å². The van der Waals surface area contributed by atoms with E-state index in [1.54, 1.807) is 24.3 Å². The molecule has 1 heterocycles. The molecule has 2 atom stereocenters. The Hall–Kier alpha value is -1.59. The van der Waals surface area contributed by atoms with E-state index in [9.17, 15) is 4.79 Å². The van der Waals surface area contributed by atoms with Crippen LogP contribution in [-0.2, 0) is 4.74 Å². The van der Waals surface area contributed by atoms with Gasteiger partial charge in [-0.15, -0.1) is 0 Å². The molecule has 1 N–H and O–H groups in total. The van der Waals surface area contributed by atoms with Gasteiger partial charge in [0.25, 0.3) is 0 Å². The van der Waals surface area contributed by atoms with Gasteiger partial charge in [0.05, 0.1) is 19.3 Å². The molecule has 1 fully saturated rings. The smallest absolute Gasteiger partial charge is 0.339 e. The molecule has 116 valence electrons. The van der Waals surface area contributed by atoms with Crippen LogP contribution in [0.5, 0.6) is 5.75 Å². The van der Waals surface area contributed by atoms with Crippen LogP contribution in [0.15, 0.2) is 24.3 Å². The molecule has 1 aliphatic rings. The van der Waals surface area contributed by atoms with Crippen LogP contribution in [0.25, 0.3) is 0 Å². The molecule has 0 saturated carbocycles. The molecule has 2 rings (SSSR count). The van der Waals surface area contributed by atoms with Gasteiger partial charge in [-0.1, -0.05) is 12.1 Å². The lowest BCUT2D eigenvalue weighted by Crippen LogP contribution is -2.47. The number of morpholine rings is 1. The first-order valence-electron chi connectivity index (χ1n) is 7.38. The summed E-state index contributed by atoms with van der Waals surface area (Å²) >= 11 is 0. The quantitative estimate of drug-likeness (QED) is 0.815. The summed E-state index contributed by atoms with van der Waals surface area (Å²) in [4.78, 5) is 13.5. The van der Waals surface area contributed by atoms with Crippen molar-refractivity contribution >= 4 is 5.97 Å². The highest BCUT2D eigenvalue weighted by Gasteiger charge is 2.22. The van der Waals surface area contributed by atoms with Crippen LogP contribution in [0.1, 0.15) is 30.6 Å². The molecule has 2 unspecified atom stereocenters. The number of carbonyl (C=O) groups is 1. The molecule has 5 heteroatoms. The summed E-state index contributed by atoms with van der Waals surface area (Å²) in [5.74, 6) is -0.519. The number of para-hydroxylation sites is 1. The van der Waals surface area contributed by atoms with E-state index in [-0.39, 0.29) is 11.7 Å². The highest BCUT2D eigenvalue weighted by atomic mass is 16.5. The van der Waals surface area contributed by atoms with E-state index >= 15 is 0 Å². The number of ether oxygens (including phenoxy) is 2. The van der Waals surface area contributed by atoms with Gasteiger partial charge in [-0.2, -0.15) is 0 Å². The average Bonchev–Trinajstić information content (AvgIpc) is 2.47. The predicted octanol–water partition coefficient (Wildman–Crippen LogP) is 2.26. The lowest BCUT2D eigenvalue weighted by Gasteiger charge is -2.36.